The number of ether oxygens (including phenoxy) is 1. The molecule has 0 spiro atoms. The van der Waals surface area contributed by atoms with E-state index < -0.39 is 11.6 Å². The predicted molar refractivity (Wildman–Crippen MR) is 71.4 cm³/mol. The fraction of sp³-hybridized carbons (Fsp3) is 0.200. The first kappa shape index (κ1) is 13.3. The summed E-state index contributed by atoms with van der Waals surface area (Å²) in [4.78, 5) is 0. The number of rotatable bonds is 4. The Morgan fingerprint density at radius 3 is 2.32 bits per heavy atom. The molecule has 2 rings (SSSR count). The molecule has 0 amide bonds. The van der Waals surface area contributed by atoms with Crippen LogP contribution in [0.25, 0.3) is 0 Å². The van der Waals surface area contributed by atoms with Crippen LogP contribution in [0.5, 0.6) is 5.75 Å². The fourth-order valence-electron chi connectivity index (χ4n) is 1.85. The van der Waals surface area contributed by atoms with Crippen LogP contribution in [0.2, 0.25) is 0 Å². The molecule has 0 aliphatic carbocycles. The maximum Gasteiger partial charge on any atom is 0.149 e. The van der Waals surface area contributed by atoms with E-state index in [4.69, 9.17) is 4.74 Å². The Morgan fingerprint density at radius 2 is 1.68 bits per heavy atom. The van der Waals surface area contributed by atoms with Gasteiger partial charge in [0.25, 0.3) is 0 Å². The van der Waals surface area contributed by atoms with Crippen LogP contribution in [0.15, 0.2) is 42.5 Å². The van der Waals surface area contributed by atoms with Crippen LogP contribution in [0.1, 0.15) is 18.5 Å². The summed E-state index contributed by atoms with van der Waals surface area (Å²) in [6.45, 7) is 1.83. The summed E-state index contributed by atoms with van der Waals surface area (Å²) < 4.78 is 32.2. The van der Waals surface area contributed by atoms with Crippen LogP contribution in [-0.4, -0.2) is 7.11 Å². The minimum atomic E-state index is -0.602. The Kier molecular flexibility index (Phi) is 4.00. The second kappa shape index (κ2) is 5.69. The summed E-state index contributed by atoms with van der Waals surface area (Å²) in [6, 6.07) is 10.9. The van der Waals surface area contributed by atoms with Crippen molar-refractivity contribution in [3.05, 3.63) is 59.7 Å². The van der Waals surface area contributed by atoms with E-state index in [2.05, 4.69) is 5.32 Å². The van der Waals surface area contributed by atoms with E-state index in [0.29, 0.717) is 5.75 Å². The van der Waals surface area contributed by atoms with Crippen molar-refractivity contribution in [2.24, 2.45) is 0 Å². The molecule has 0 bridgehead atoms. The van der Waals surface area contributed by atoms with Gasteiger partial charge in [-0.2, -0.15) is 0 Å². The second-order valence-electron chi connectivity index (χ2n) is 4.24. The van der Waals surface area contributed by atoms with Crippen LogP contribution in [0.3, 0.4) is 0 Å². The maximum atomic E-state index is 13.5. The molecule has 1 N–H and O–H groups in total. The molecule has 0 aliphatic rings. The highest BCUT2D eigenvalue weighted by atomic mass is 19.1. The minimum absolute atomic E-state index is 0.113. The molecule has 0 aliphatic heterocycles. The topological polar surface area (TPSA) is 21.3 Å². The van der Waals surface area contributed by atoms with Crippen molar-refractivity contribution >= 4 is 5.69 Å². The number of benzene rings is 2. The smallest absolute Gasteiger partial charge is 0.149 e. The van der Waals surface area contributed by atoms with E-state index >= 15 is 0 Å². The van der Waals surface area contributed by atoms with Crippen molar-refractivity contribution in [1.82, 2.24) is 0 Å². The van der Waals surface area contributed by atoms with Gasteiger partial charge in [0.15, 0.2) is 0 Å². The van der Waals surface area contributed by atoms with Crippen molar-refractivity contribution in [2.75, 3.05) is 12.4 Å². The SMILES string of the molecule is COc1cccc(C(C)Nc2c(F)cccc2F)c1. The van der Waals surface area contributed by atoms with Crippen molar-refractivity contribution in [2.45, 2.75) is 13.0 Å². The summed E-state index contributed by atoms with van der Waals surface area (Å²) in [5.74, 6) is -0.496. The number of hydrogen-bond donors (Lipinski definition) is 1. The van der Waals surface area contributed by atoms with Gasteiger partial charge < -0.3 is 10.1 Å². The van der Waals surface area contributed by atoms with Crippen molar-refractivity contribution < 1.29 is 13.5 Å². The zero-order chi connectivity index (χ0) is 13.8. The Hall–Kier alpha value is -2.10. The third-order valence-corrected chi connectivity index (χ3v) is 2.92. The van der Waals surface area contributed by atoms with Gasteiger partial charge >= 0.3 is 0 Å². The lowest BCUT2D eigenvalue weighted by atomic mass is 10.1. The first-order valence-electron chi connectivity index (χ1n) is 5.96. The Balaban J connectivity index is 2.23. The number of methoxy groups -OCH3 is 1. The van der Waals surface area contributed by atoms with E-state index in [-0.39, 0.29) is 11.7 Å². The zero-order valence-electron chi connectivity index (χ0n) is 10.8. The normalized spacial score (nSPS) is 12.0. The number of nitrogens with one attached hydrogen (secondary N) is 1. The van der Waals surface area contributed by atoms with Gasteiger partial charge in [0, 0.05) is 6.04 Å². The number of para-hydroxylation sites is 1. The third kappa shape index (κ3) is 3.02. The average Bonchev–Trinajstić information content (AvgIpc) is 2.43. The summed E-state index contributed by atoms with van der Waals surface area (Å²) in [6.07, 6.45) is 0. The predicted octanol–water partition coefficient (Wildman–Crippen LogP) is 4.15. The lowest BCUT2D eigenvalue weighted by Gasteiger charge is -2.17. The average molecular weight is 263 g/mol. The molecule has 100 valence electrons. The highest BCUT2D eigenvalue weighted by Gasteiger charge is 2.12. The van der Waals surface area contributed by atoms with E-state index in [1.807, 2.05) is 31.2 Å². The summed E-state index contributed by atoms with van der Waals surface area (Å²) in [5, 5.41) is 2.84. The standard InChI is InChI=1S/C15H15F2NO/c1-10(11-5-3-6-12(9-11)19-2)18-15-13(16)7-4-8-14(15)17/h3-10,18H,1-2H3. The Morgan fingerprint density at radius 1 is 1.05 bits per heavy atom. The number of hydrogen-bond acceptors (Lipinski definition) is 2. The maximum absolute atomic E-state index is 13.5. The molecule has 0 fully saturated rings. The summed E-state index contributed by atoms with van der Waals surface area (Å²) in [7, 11) is 1.58. The molecule has 1 unspecified atom stereocenters. The van der Waals surface area contributed by atoms with Crippen molar-refractivity contribution in [1.29, 1.82) is 0 Å². The van der Waals surface area contributed by atoms with Gasteiger partial charge in [0.05, 0.1) is 7.11 Å². The van der Waals surface area contributed by atoms with E-state index in [1.165, 1.54) is 18.2 Å². The van der Waals surface area contributed by atoms with Crippen molar-refractivity contribution in [3.63, 3.8) is 0 Å². The molecule has 19 heavy (non-hydrogen) atoms. The monoisotopic (exact) mass is 263 g/mol. The molecule has 1 atom stereocenters. The second-order valence-corrected chi connectivity index (χ2v) is 4.24. The molecule has 2 nitrogen and oxygen atoms in total. The van der Waals surface area contributed by atoms with Crippen LogP contribution in [-0.2, 0) is 0 Å². The van der Waals surface area contributed by atoms with Gasteiger partial charge in [-0.15, -0.1) is 0 Å². The van der Waals surface area contributed by atoms with Gasteiger partial charge in [-0.3, -0.25) is 0 Å². The van der Waals surface area contributed by atoms with E-state index in [0.717, 1.165) is 5.56 Å². The number of anilines is 1. The van der Waals surface area contributed by atoms with Crippen LogP contribution < -0.4 is 10.1 Å². The first-order chi connectivity index (χ1) is 9.11. The van der Waals surface area contributed by atoms with E-state index in [1.54, 1.807) is 7.11 Å². The van der Waals surface area contributed by atoms with Gasteiger partial charge in [-0.05, 0) is 36.8 Å². The fourth-order valence-corrected chi connectivity index (χ4v) is 1.85. The summed E-state index contributed by atoms with van der Waals surface area (Å²) >= 11 is 0. The highest BCUT2D eigenvalue weighted by molar-refractivity contribution is 5.48. The van der Waals surface area contributed by atoms with Gasteiger partial charge in [0.1, 0.15) is 23.1 Å². The molecule has 2 aromatic rings. The molecule has 2 aromatic carbocycles. The highest BCUT2D eigenvalue weighted by Crippen LogP contribution is 2.26. The zero-order valence-corrected chi connectivity index (χ0v) is 10.8. The minimum Gasteiger partial charge on any atom is -0.497 e. The molecule has 0 saturated heterocycles. The Labute approximate surface area is 111 Å². The first-order valence-corrected chi connectivity index (χ1v) is 5.96. The molecule has 0 aromatic heterocycles. The van der Waals surface area contributed by atoms with Gasteiger partial charge in [-0.25, -0.2) is 8.78 Å². The molecule has 0 heterocycles. The van der Waals surface area contributed by atoms with Crippen LogP contribution >= 0.6 is 0 Å². The van der Waals surface area contributed by atoms with Crippen LogP contribution in [0, 0.1) is 11.6 Å². The van der Waals surface area contributed by atoms with Crippen molar-refractivity contribution in [3.8, 4) is 5.75 Å². The lowest BCUT2D eigenvalue weighted by Crippen LogP contribution is -2.09. The molecular formula is C15H15F2NO. The third-order valence-electron chi connectivity index (χ3n) is 2.92. The van der Waals surface area contributed by atoms with Crippen LogP contribution in [0.4, 0.5) is 14.5 Å². The van der Waals surface area contributed by atoms with E-state index in [9.17, 15) is 8.78 Å². The quantitative estimate of drug-likeness (QED) is 0.894. The molecule has 0 saturated carbocycles. The molecule has 4 heteroatoms. The number of halogens is 2. The lowest BCUT2D eigenvalue weighted by molar-refractivity contribution is 0.414. The summed E-state index contributed by atoms with van der Waals surface area (Å²) in [5.41, 5.74) is 0.778. The molecular weight excluding hydrogens is 248 g/mol. The van der Waals surface area contributed by atoms with Gasteiger partial charge in [0.2, 0.25) is 0 Å². The molecule has 0 radical (unpaired) electrons. The van der Waals surface area contributed by atoms with Gasteiger partial charge in [-0.1, -0.05) is 18.2 Å². The Bertz CT molecular complexity index is 552. The largest absolute Gasteiger partial charge is 0.497 e.